The van der Waals surface area contributed by atoms with E-state index in [1.165, 1.54) is 19.3 Å². The van der Waals surface area contributed by atoms with E-state index in [4.69, 9.17) is 4.74 Å². The van der Waals surface area contributed by atoms with Crippen molar-refractivity contribution in [3.8, 4) is 22.7 Å². The van der Waals surface area contributed by atoms with Gasteiger partial charge in [0.05, 0.1) is 18.0 Å². The third-order valence-electron chi connectivity index (χ3n) is 4.29. The monoisotopic (exact) mass is 335 g/mol. The van der Waals surface area contributed by atoms with Crippen LogP contribution in [0.3, 0.4) is 0 Å². The summed E-state index contributed by atoms with van der Waals surface area (Å²) in [5.41, 5.74) is 4.01. The second kappa shape index (κ2) is 8.47. The van der Waals surface area contributed by atoms with E-state index in [9.17, 15) is 0 Å². The van der Waals surface area contributed by atoms with E-state index in [0.717, 1.165) is 41.4 Å². The Hall–Kier alpha value is -2.62. The van der Waals surface area contributed by atoms with Gasteiger partial charge in [-0.25, -0.2) is 4.68 Å². The standard InChI is InChI=1S/C21H25N3O/c1-3-4-5-9-16-25-20-14-12-19(13-15-20)24-17(2)21(22-23-24)18-10-7-6-8-11-18/h6-8,10-15H,3-5,9,16H2,1-2H3. The van der Waals surface area contributed by atoms with E-state index in [2.05, 4.69) is 29.4 Å². The summed E-state index contributed by atoms with van der Waals surface area (Å²) in [6, 6.07) is 18.2. The van der Waals surface area contributed by atoms with Crippen LogP contribution in [0.25, 0.3) is 16.9 Å². The predicted octanol–water partition coefficient (Wildman–Crippen LogP) is 5.20. The molecule has 2 aromatic carbocycles. The van der Waals surface area contributed by atoms with Gasteiger partial charge < -0.3 is 4.74 Å². The van der Waals surface area contributed by atoms with Crippen LogP contribution in [-0.2, 0) is 0 Å². The van der Waals surface area contributed by atoms with Gasteiger partial charge in [-0.15, -0.1) is 5.10 Å². The van der Waals surface area contributed by atoms with Crippen molar-refractivity contribution in [2.45, 2.75) is 39.5 Å². The zero-order valence-electron chi connectivity index (χ0n) is 15.0. The van der Waals surface area contributed by atoms with Crippen molar-refractivity contribution in [3.63, 3.8) is 0 Å². The first-order chi connectivity index (χ1) is 12.3. The van der Waals surface area contributed by atoms with Crippen LogP contribution >= 0.6 is 0 Å². The smallest absolute Gasteiger partial charge is 0.119 e. The molecule has 130 valence electrons. The molecule has 0 aliphatic carbocycles. The van der Waals surface area contributed by atoms with Gasteiger partial charge in [0, 0.05) is 5.56 Å². The summed E-state index contributed by atoms with van der Waals surface area (Å²) in [5, 5.41) is 8.66. The van der Waals surface area contributed by atoms with Crippen LogP contribution in [0.2, 0.25) is 0 Å². The SMILES string of the molecule is CCCCCCOc1ccc(-n2nnc(-c3ccccc3)c2C)cc1. The quantitative estimate of drug-likeness (QED) is 0.531. The number of nitrogens with zero attached hydrogens (tertiary/aromatic N) is 3. The van der Waals surface area contributed by atoms with Crippen molar-refractivity contribution < 1.29 is 4.74 Å². The molecular weight excluding hydrogens is 310 g/mol. The largest absolute Gasteiger partial charge is 0.494 e. The number of hydrogen-bond donors (Lipinski definition) is 0. The van der Waals surface area contributed by atoms with E-state index >= 15 is 0 Å². The average Bonchev–Trinajstić information content (AvgIpc) is 3.04. The minimum absolute atomic E-state index is 0.778. The fourth-order valence-corrected chi connectivity index (χ4v) is 2.84. The van der Waals surface area contributed by atoms with Crippen LogP contribution in [0, 0.1) is 6.92 Å². The molecule has 0 N–H and O–H groups in total. The van der Waals surface area contributed by atoms with Gasteiger partial charge in [-0.3, -0.25) is 0 Å². The van der Waals surface area contributed by atoms with Crippen molar-refractivity contribution in [2.75, 3.05) is 6.61 Å². The van der Waals surface area contributed by atoms with Crippen LogP contribution in [0.1, 0.15) is 38.3 Å². The average molecular weight is 335 g/mol. The number of ether oxygens (including phenoxy) is 1. The summed E-state index contributed by atoms with van der Waals surface area (Å²) in [6.07, 6.45) is 4.86. The Bertz CT molecular complexity index is 779. The summed E-state index contributed by atoms with van der Waals surface area (Å²) < 4.78 is 7.67. The number of benzene rings is 2. The fraction of sp³-hybridized carbons (Fsp3) is 0.333. The molecule has 0 bridgehead atoms. The van der Waals surface area contributed by atoms with Crippen LogP contribution in [-0.4, -0.2) is 21.6 Å². The van der Waals surface area contributed by atoms with E-state index in [1.807, 2.05) is 54.1 Å². The van der Waals surface area contributed by atoms with Crippen molar-refractivity contribution in [1.82, 2.24) is 15.0 Å². The maximum atomic E-state index is 5.80. The van der Waals surface area contributed by atoms with Gasteiger partial charge >= 0.3 is 0 Å². The second-order valence-electron chi connectivity index (χ2n) is 6.20. The highest BCUT2D eigenvalue weighted by atomic mass is 16.5. The Kier molecular flexibility index (Phi) is 5.83. The highest BCUT2D eigenvalue weighted by molar-refractivity contribution is 5.61. The van der Waals surface area contributed by atoms with Gasteiger partial charge in [-0.2, -0.15) is 0 Å². The maximum Gasteiger partial charge on any atom is 0.119 e. The Morgan fingerprint density at radius 1 is 0.920 bits per heavy atom. The molecule has 0 saturated carbocycles. The summed E-state index contributed by atoms with van der Waals surface area (Å²) in [5.74, 6) is 0.904. The zero-order valence-corrected chi connectivity index (χ0v) is 15.0. The topological polar surface area (TPSA) is 39.9 Å². The lowest BCUT2D eigenvalue weighted by atomic mass is 10.1. The molecule has 0 amide bonds. The van der Waals surface area contributed by atoms with E-state index in [-0.39, 0.29) is 0 Å². The number of rotatable bonds is 8. The molecule has 0 fully saturated rings. The Morgan fingerprint density at radius 2 is 1.68 bits per heavy atom. The summed E-state index contributed by atoms with van der Waals surface area (Å²) in [4.78, 5) is 0. The maximum absolute atomic E-state index is 5.80. The zero-order chi connectivity index (χ0) is 17.5. The van der Waals surface area contributed by atoms with Crippen LogP contribution in [0.5, 0.6) is 5.75 Å². The van der Waals surface area contributed by atoms with Gasteiger partial charge in [0.2, 0.25) is 0 Å². The second-order valence-corrected chi connectivity index (χ2v) is 6.20. The first-order valence-electron chi connectivity index (χ1n) is 9.00. The lowest BCUT2D eigenvalue weighted by Crippen LogP contribution is -2.00. The molecule has 25 heavy (non-hydrogen) atoms. The molecule has 1 aromatic heterocycles. The molecule has 0 saturated heterocycles. The van der Waals surface area contributed by atoms with Crippen molar-refractivity contribution in [1.29, 1.82) is 0 Å². The van der Waals surface area contributed by atoms with E-state index < -0.39 is 0 Å². The molecule has 0 atom stereocenters. The van der Waals surface area contributed by atoms with Gasteiger partial charge in [0.15, 0.2) is 0 Å². The molecule has 4 heteroatoms. The van der Waals surface area contributed by atoms with Crippen LogP contribution < -0.4 is 4.74 Å². The number of aromatic nitrogens is 3. The van der Waals surface area contributed by atoms with Gasteiger partial charge in [-0.1, -0.05) is 61.7 Å². The molecule has 0 unspecified atom stereocenters. The normalized spacial score (nSPS) is 10.8. The molecule has 3 aromatic rings. The Labute approximate surface area is 149 Å². The number of hydrogen-bond acceptors (Lipinski definition) is 3. The number of unbranched alkanes of at least 4 members (excludes halogenated alkanes) is 3. The first kappa shape index (κ1) is 17.2. The van der Waals surface area contributed by atoms with Crippen molar-refractivity contribution >= 4 is 0 Å². The van der Waals surface area contributed by atoms with Gasteiger partial charge in [-0.05, 0) is 37.6 Å². The Balaban J connectivity index is 1.68. The third-order valence-corrected chi connectivity index (χ3v) is 4.29. The van der Waals surface area contributed by atoms with Crippen molar-refractivity contribution in [2.24, 2.45) is 0 Å². The minimum Gasteiger partial charge on any atom is -0.494 e. The summed E-state index contributed by atoms with van der Waals surface area (Å²) in [7, 11) is 0. The minimum atomic E-state index is 0.778. The van der Waals surface area contributed by atoms with Gasteiger partial charge in [0.25, 0.3) is 0 Å². The molecule has 0 aliphatic heterocycles. The summed E-state index contributed by atoms with van der Waals surface area (Å²) >= 11 is 0. The first-order valence-corrected chi connectivity index (χ1v) is 9.00. The third kappa shape index (κ3) is 4.27. The summed E-state index contributed by atoms with van der Waals surface area (Å²) in [6.45, 7) is 5.04. The van der Waals surface area contributed by atoms with Gasteiger partial charge in [0.1, 0.15) is 11.4 Å². The predicted molar refractivity (Wildman–Crippen MR) is 101 cm³/mol. The molecule has 3 rings (SSSR count). The molecular formula is C21H25N3O. The van der Waals surface area contributed by atoms with Crippen LogP contribution in [0.4, 0.5) is 0 Å². The molecule has 0 radical (unpaired) electrons. The molecule has 1 heterocycles. The lowest BCUT2D eigenvalue weighted by molar-refractivity contribution is 0.305. The fourth-order valence-electron chi connectivity index (χ4n) is 2.84. The highest BCUT2D eigenvalue weighted by Gasteiger charge is 2.11. The lowest BCUT2D eigenvalue weighted by Gasteiger charge is -2.08. The Morgan fingerprint density at radius 3 is 2.40 bits per heavy atom. The van der Waals surface area contributed by atoms with E-state index in [1.54, 1.807) is 0 Å². The highest BCUT2D eigenvalue weighted by Crippen LogP contribution is 2.23. The molecule has 0 aliphatic rings. The molecule has 0 spiro atoms. The van der Waals surface area contributed by atoms with E-state index in [0.29, 0.717) is 0 Å². The molecule has 4 nitrogen and oxygen atoms in total. The van der Waals surface area contributed by atoms with Crippen molar-refractivity contribution in [3.05, 3.63) is 60.3 Å². The van der Waals surface area contributed by atoms with Crippen LogP contribution in [0.15, 0.2) is 54.6 Å².